The summed E-state index contributed by atoms with van der Waals surface area (Å²) in [5, 5.41) is 28.8. The van der Waals surface area contributed by atoms with Crippen LogP contribution in [0.5, 0.6) is 0 Å². The van der Waals surface area contributed by atoms with Crippen LogP contribution in [0.4, 0.5) is 4.39 Å². The molecule has 7 nitrogen and oxygen atoms in total. The number of aliphatic hydroxyl groups is 1. The highest BCUT2D eigenvalue weighted by Crippen LogP contribution is 2.37. The molecule has 9 heteroatoms. The summed E-state index contributed by atoms with van der Waals surface area (Å²) >= 11 is 1.17. The first-order valence-electron chi connectivity index (χ1n) is 10.5. The van der Waals surface area contributed by atoms with Crippen LogP contribution in [0.25, 0.3) is 16.6 Å². The largest absolute Gasteiger partial charge is 0.393 e. The molecule has 162 valence electrons. The molecule has 1 saturated carbocycles. The summed E-state index contributed by atoms with van der Waals surface area (Å²) in [6.07, 6.45) is 9.95. The Morgan fingerprint density at radius 1 is 1.28 bits per heavy atom. The van der Waals surface area contributed by atoms with Gasteiger partial charge in [-0.25, -0.2) is 13.9 Å². The van der Waals surface area contributed by atoms with Crippen molar-refractivity contribution in [3.8, 4) is 17.2 Å². The Morgan fingerprint density at radius 3 is 2.94 bits per heavy atom. The molecule has 0 radical (unpaired) electrons. The van der Waals surface area contributed by atoms with E-state index in [9.17, 15) is 14.8 Å². The fourth-order valence-corrected chi connectivity index (χ4v) is 5.35. The maximum atomic E-state index is 14.3. The zero-order valence-electron chi connectivity index (χ0n) is 17.4. The molecule has 32 heavy (non-hydrogen) atoms. The molecule has 1 aliphatic rings. The molecular weight excluding hydrogens is 427 g/mol. The minimum Gasteiger partial charge on any atom is -0.393 e. The topological polar surface area (TPSA) is 92.0 Å². The van der Waals surface area contributed by atoms with Gasteiger partial charge in [0, 0.05) is 34.1 Å². The summed E-state index contributed by atoms with van der Waals surface area (Å²) in [4.78, 5) is 4.84. The van der Waals surface area contributed by atoms with Crippen molar-refractivity contribution in [1.29, 1.82) is 5.26 Å². The van der Waals surface area contributed by atoms with Crippen molar-refractivity contribution < 1.29 is 9.50 Å². The molecule has 0 bridgehead atoms. The van der Waals surface area contributed by atoms with E-state index in [0.29, 0.717) is 22.4 Å². The maximum absolute atomic E-state index is 14.3. The van der Waals surface area contributed by atoms with Gasteiger partial charge in [0.15, 0.2) is 5.82 Å². The number of pyridine rings is 2. The zero-order chi connectivity index (χ0) is 22.2. The highest BCUT2D eigenvalue weighted by Gasteiger charge is 2.25. The fourth-order valence-electron chi connectivity index (χ4n) is 4.38. The van der Waals surface area contributed by atoms with Crippen LogP contribution in [0.3, 0.4) is 0 Å². The molecule has 0 saturated heterocycles. The normalized spacial score (nSPS) is 18.7. The lowest BCUT2D eigenvalue weighted by Crippen LogP contribution is -2.23. The van der Waals surface area contributed by atoms with Gasteiger partial charge in [0.1, 0.15) is 11.1 Å². The predicted octanol–water partition coefficient (Wildman–Crippen LogP) is 4.54. The van der Waals surface area contributed by atoms with Gasteiger partial charge in [-0.1, -0.05) is 11.8 Å². The molecule has 4 heterocycles. The van der Waals surface area contributed by atoms with Crippen LogP contribution >= 0.6 is 11.8 Å². The molecule has 5 rings (SSSR count). The first-order valence-corrected chi connectivity index (χ1v) is 11.3. The summed E-state index contributed by atoms with van der Waals surface area (Å²) in [5.41, 5.74) is 3.83. The molecule has 0 aliphatic heterocycles. The van der Waals surface area contributed by atoms with Gasteiger partial charge < -0.3 is 5.11 Å². The molecule has 0 spiro atoms. The predicted molar refractivity (Wildman–Crippen MR) is 118 cm³/mol. The number of aromatic nitrogens is 5. The van der Waals surface area contributed by atoms with Gasteiger partial charge in [-0.15, -0.1) is 0 Å². The Morgan fingerprint density at radius 2 is 2.16 bits per heavy atom. The second-order valence-corrected chi connectivity index (χ2v) is 9.04. The third kappa shape index (κ3) is 3.66. The number of nitrogens with zero attached hydrogens (tertiary/aromatic N) is 6. The molecule has 1 fully saturated rings. The third-order valence-corrected chi connectivity index (χ3v) is 6.97. The first-order chi connectivity index (χ1) is 15.5. The summed E-state index contributed by atoms with van der Waals surface area (Å²) in [6.45, 7) is 2.02. The molecule has 0 aromatic carbocycles. The van der Waals surface area contributed by atoms with Gasteiger partial charge in [0.2, 0.25) is 0 Å². The first kappa shape index (κ1) is 20.7. The number of nitriles is 1. The lowest BCUT2D eigenvalue weighted by atomic mass is 9.93. The Hall–Kier alpha value is -3.22. The molecular formula is C23H21FN6OS. The second kappa shape index (κ2) is 8.37. The number of rotatable bonds is 4. The van der Waals surface area contributed by atoms with E-state index in [-0.39, 0.29) is 17.2 Å². The van der Waals surface area contributed by atoms with Crippen molar-refractivity contribution in [1.82, 2.24) is 24.4 Å². The Bertz CT molecular complexity index is 1340. The Labute approximate surface area is 188 Å². The van der Waals surface area contributed by atoms with Crippen LogP contribution in [0.2, 0.25) is 0 Å². The minimum atomic E-state index is -0.418. The van der Waals surface area contributed by atoms with Gasteiger partial charge >= 0.3 is 0 Å². The lowest BCUT2D eigenvalue weighted by Gasteiger charge is -2.27. The van der Waals surface area contributed by atoms with E-state index >= 15 is 0 Å². The van der Waals surface area contributed by atoms with Gasteiger partial charge in [0.25, 0.3) is 0 Å². The van der Waals surface area contributed by atoms with E-state index in [0.717, 1.165) is 36.1 Å². The molecule has 2 atom stereocenters. The van der Waals surface area contributed by atoms with E-state index < -0.39 is 5.82 Å². The van der Waals surface area contributed by atoms with Crippen LogP contribution in [-0.4, -0.2) is 35.6 Å². The molecule has 4 aromatic rings. The van der Waals surface area contributed by atoms with Crippen LogP contribution in [0, 0.1) is 24.1 Å². The molecule has 0 amide bonds. The lowest BCUT2D eigenvalue weighted by molar-refractivity contribution is 0.0995. The minimum absolute atomic E-state index is 0.169. The fraction of sp³-hybridized carbons (Fsp3) is 0.304. The van der Waals surface area contributed by atoms with Crippen molar-refractivity contribution in [3.63, 3.8) is 0 Å². The van der Waals surface area contributed by atoms with Gasteiger partial charge in [-0.05, 0) is 50.8 Å². The van der Waals surface area contributed by atoms with Gasteiger partial charge in [-0.2, -0.15) is 15.5 Å². The van der Waals surface area contributed by atoms with E-state index in [2.05, 4.69) is 21.3 Å². The number of aliphatic hydroxyl groups excluding tert-OH is 1. The summed E-state index contributed by atoms with van der Waals surface area (Å²) in [5.74, 6) is -0.418. The average Bonchev–Trinajstić information content (AvgIpc) is 3.38. The van der Waals surface area contributed by atoms with E-state index in [1.807, 2.05) is 30.1 Å². The molecule has 1 aliphatic carbocycles. The standard InChI is InChI=1S/C23H21FN6OS/c1-14-19(12-28-30(14)17-4-2-5-18(31)9-17)15-8-21(32-23-20(24)6-3-7-26-23)22-16(10-25)11-27-29(22)13-15/h3,6-8,11-13,17-18,31H,2,4-5,9H2,1H3/t17-,18+/m0/s1. The SMILES string of the molecule is Cc1c(-c2cc(Sc3ncccc3F)c3c(C#N)cnn3c2)cnn1[C@H]1CCC[C@@H](O)C1. The van der Waals surface area contributed by atoms with Crippen molar-refractivity contribution in [2.24, 2.45) is 0 Å². The van der Waals surface area contributed by atoms with Crippen molar-refractivity contribution >= 4 is 17.3 Å². The second-order valence-electron chi connectivity index (χ2n) is 8.01. The highest BCUT2D eigenvalue weighted by molar-refractivity contribution is 7.99. The summed E-state index contributed by atoms with van der Waals surface area (Å²) in [6, 6.07) is 7.17. The smallest absolute Gasteiger partial charge is 0.155 e. The van der Waals surface area contributed by atoms with Crippen LogP contribution in [0.15, 0.2) is 52.9 Å². The molecule has 1 N–H and O–H groups in total. The van der Waals surface area contributed by atoms with Crippen molar-refractivity contribution in [3.05, 3.63) is 60.1 Å². The number of hydrogen-bond donors (Lipinski definition) is 1. The molecule has 0 unspecified atom stereocenters. The third-order valence-electron chi connectivity index (χ3n) is 5.95. The Kier molecular flexibility index (Phi) is 5.41. The quantitative estimate of drug-likeness (QED) is 0.493. The Balaban J connectivity index is 1.60. The van der Waals surface area contributed by atoms with Gasteiger partial charge in [0.05, 0.1) is 35.6 Å². The van der Waals surface area contributed by atoms with Crippen molar-refractivity contribution in [2.75, 3.05) is 0 Å². The number of halogens is 1. The summed E-state index contributed by atoms with van der Waals surface area (Å²) < 4.78 is 18.0. The van der Waals surface area contributed by atoms with Crippen LogP contribution in [-0.2, 0) is 0 Å². The average molecular weight is 449 g/mol. The van der Waals surface area contributed by atoms with E-state index in [1.54, 1.807) is 16.8 Å². The van der Waals surface area contributed by atoms with Gasteiger partial charge in [-0.3, -0.25) is 4.68 Å². The maximum Gasteiger partial charge on any atom is 0.155 e. The van der Waals surface area contributed by atoms with Crippen molar-refractivity contribution in [2.45, 2.75) is 54.7 Å². The summed E-state index contributed by atoms with van der Waals surface area (Å²) in [7, 11) is 0. The zero-order valence-corrected chi connectivity index (χ0v) is 18.3. The van der Waals surface area contributed by atoms with Crippen LogP contribution < -0.4 is 0 Å². The monoisotopic (exact) mass is 448 g/mol. The number of fused-ring (bicyclic) bond motifs is 1. The highest BCUT2D eigenvalue weighted by atomic mass is 32.2. The van der Waals surface area contributed by atoms with E-state index in [4.69, 9.17) is 0 Å². The van der Waals surface area contributed by atoms with Crippen LogP contribution in [0.1, 0.15) is 43.0 Å². The van der Waals surface area contributed by atoms with E-state index in [1.165, 1.54) is 24.0 Å². The number of hydrogen-bond acceptors (Lipinski definition) is 6. The molecule has 4 aromatic heterocycles.